The molecule has 0 atom stereocenters. The number of benzene rings is 3. The summed E-state index contributed by atoms with van der Waals surface area (Å²) in [5.74, 6) is 0. The molecule has 4 aliphatic carbocycles. The van der Waals surface area contributed by atoms with Crippen molar-refractivity contribution >= 4 is 26.1 Å². The molecule has 0 aliphatic heterocycles. The minimum Gasteiger partial charge on any atom is -1.00 e. The van der Waals surface area contributed by atoms with Gasteiger partial charge >= 0.3 is 150 Å². The summed E-state index contributed by atoms with van der Waals surface area (Å²) in [6.45, 7) is 18.6. The van der Waals surface area contributed by atoms with Crippen LogP contribution in [0, 0.1) is 11.8 Å². The first-order chi connectivity index (χ1) is 24.9. The molecular formula is C51H58Cl2Hf-2. The third-order valence-electron chi connectivity index (χ3n) is 11.3. The number of fused-ring (bicyclic) bond motifs is 7. The van der Waals surface area contributed by atoms with Gasteiger partial charge in [-0.25, -0.2) is 24.1 Å². The van der Waals surface area contributed by atoms with Gasteiger partial charge in [-0.1, -0.05) is 75.1 Å². The quantitative estimate of drug-likeness (QED) is 0.156. The Kier molecular flexibility index (Phi) is 15.3. The second-order valence-corrected chi connectivity index (χ2v) is 18.4. The Hall–Kier alpha value is -2.84. The molecule has 0 bridgehead atoms. The summed E-state index contributed by atoms with van der Waals surface area (Å²) in [6.07, 6.45) is 21.8. The average Bonchev–Trinajstić information content (AvgIpc) is 3.94. The summed E-state index contributed by atoms with van der Waals surface area (Å²) < 4.78 is 1.50. The number of hydrogen-bond acceptors (Lipinski definition) is 0. The molecule has 0 radical (unpaired) electrons. The van der Waals surface area contributed by atoms with Gasteiger partial charge in [-0.3, -0.25) is 0 Å². The van der Waals surface area contributed by atoms with Crippen LogP contribution in [0.2, 0.25) is 0 Å². The fourth-order valence-electron chi connectivity index (χ4n) is 8.59. The van der Waals surface area contributed by atoms with Crippen LogP contribution < -0.4 is 35.3 Å². The van der Waals surface area contributed by atoms with Gasteiger partial charge in [-0.15, -0.1) is 5.56 Å². The van der Waals surface area contributed by atoms with Crippen molar-refractivity contribution in [3.8, 4) is 0 Å². The Morgan fingerprint density at radius 2 is 1.31 bits per heavy atom. The van der Waals surface area contributed by atoms with E-state index in [1.54, 1.807) is 27.8 Å². The molecule has 0 spiro atoms. The Labute approximate surface area is 353 Å². The molecule has 8 rings (SSSR count). The van der Waals surface area contributed by atoms with Crippen molar-refractivity contribution in [1.29, 1.82) is 0 Å². The van der Waals surface area contributed by atoms with Crippen LogP contribution in [0.1, 0.15) is 132 Å². The van der Waals surface area contributed by atoms with E-state index in [1.807, 2.05) is 30.3 Å². The predicted octanol–water partition coefficient (Wildman–Crippen LogP) is 5.75. The number of halogens is 2. The topological polar surface area (TPSA) is 0 Å². The molecule has 4 aromatic rings. The number of allylic oxidation sites excluding steroid dienone is 6. The number of hydrogen-bond donors (Lipinski definition) is 0. The molecule has 4 aromatic carbocycles. The van der Waals surface area contributed by atoms with E-state index in [0.29, 0.717) is 0 Å². The van der Waals surface area contributed by atoms with Crippen molar-refractivity contribution in [3.05, 3.63) is 164 Å². The summed E-state index contributed by atoms with van der Waals surface area (Å²) >= 11 is 1.08. The molecule has 54 heavy (non-hydrogen) atoms. The molecule has 0 nitrogen and oxygen atoms in total. The monoisotopic (exact) mass is 920 g/mol. The van der Waals surface area contributed by atoms with Crippen molar-refractivity contribution < 1.29 is 48.7 Å². The number of aryl methyl sites for hydroxylation is 2. The number of rotatable bonds is 8. The van der Waals surface area contributed by atoms with Gasteiger partial charge in [-0.05, 0) is 53.0 Å². The van der Waals surface area contributed by atoms with Crippen LogP contribution >= 0.6 is 0 Å². The Balaban J connectivity index is 0.000000208. The minimum atomic E-state index is 0. The van der Waals surface area contributed by atoms with Gasteiger partial charge in [0.2, 0.25) is 0 Å². The first-order valence-corrected chi connectivity index (χ1v) is 21.5. The molecule has 0 saturated carbocycles. The zero-order chi connectivity index (χ0) is 37.0. The second-order valence-electron chi connectivity index (χ2n) is 16.6. The maximum absolute atomic E-state index is 2.48. The van der Waals surface area contributed by atoms with Gasteiger partial charge in [0.15, 0.2) is 0 Å². The Bertz CT molecular complexity index is 2060. The molecule has 4 aliphatic rings. The third kappa shape index (κ3) is 9.57. The zero-order valence-corrected chi connectivity index (χ0v) is 38.9. The molecular weight excluding hydrogens is 862 g/mol. The fraction of sp³-hybridized carbons (Fsp3) is 0.353. The van der Waals surface area contributed by atoms with Gasteiger partial charge in [0, 0.05) is 0 Å². The van der Waals surface area contributed by atoms with E-state index >= 15 is 0 Å². The van der Waals surface area contributed by atoms with Gasteiger partial charge in [-0.2, -0.15) is 23.4 Å². The zero-order valence-electron chi connectivity index (χ0n) is 33.8. The minimum absolute atomic E-state index is 0. The maximum atomic E-state index is 2.48. The molecule has 282 valence electrons. The van der Waals surface area contributed by atoms with E-state index in [0.717, 1.165) is 36.7 Å². The molecule has 0 amide bonds. The summed E-state index contributed by atoms with van der Waals surface area (Å²) in [5, 5.41) is 3.00. The van der Waals surface area contributed by atoms with Crippen molar-refractivity contribution in [2.45, 2.75) is 112 Å². The van der Waals surface area contributed by atoms with Gasteiger partial charge < -0.3 is 24.8 Å². The second kappa shape index (κ2) is 18.9. The van der Waals surface area contributed by atoms with Crippen LogP contribution in [0.3, 0.4) is 0 Å². The van der Waals surface area contributed by atoms with Crippen molar-refractivity contribution in [2.75, 3.05) is 0 Å². The molecule has 0 heterocycles. The summed E-state index contributed by atoms with van der Waals surface area (Å²) in [4.78, 5) is 0. The predicted molar refractivity (Wildman–Crippen MR) is 224 cm³/mol. The molecule has 0 unspecified atom stereocenters. The molecule has 0 N–H and O–H groups in total. The standard InChI is InChI=1S/C25H27.C21H26.C5H5.2ClH.Hf/c1-14-7-8-17-20(14)22-18(23-21(17)15(2)12-25(23,5)6)11-16-9-10-24(3,4)13-19(16)22;1-3-5-7-18-9-13-20(14-10-18)17-21-15-11-19(12-16-21)8-6-4-2;1-2-4-5-3-1;;;/h7-10,12H,11,13H2,1-6H3;9-16H,3-8H2,1-2H3;1-5H;2*1H;/q-1;;-1;;;+2/p-2. The van der Waals surface area contributed by atoms with Crippen LogP contribution in [0.25, 0.3) is 22.8 Å². The van der Waals surface area contributed by atoms with E-state index < -0.39 is 0 Å². The van der Waals surface area contributed by atoms with Crippen LogP contribution in [-0.4, -0.2) is 3.26 Å². The summed E-state index contributed by atoms with van der Waals surface area (Å²) in [5.41, 5.74) is 18.5. The Morgan fingerprint density at radius 1 is 0.759 bits per heavy atom. The smallest absolute Gasteiger partial charge is 0.172 e. The first kappa shape index (κ1) is 43.9. The summed E-state index contributed by atoms with van der Waals surface area (Å²) in [6, 6.07) is 28.4. The van der Waals surface area contributed by atoms with E-state index in [-0.39, 0.29) is 35.6 Å². The van der Waals surface area contributed by atoms with Crippen LogP contribution in [0.15, 0.2) is 103 Å². The first-order valence-electron chi connectivity index (χ1n) is 19.7. The summed E-state index contributed by atoms with van der Waals surface area (Å²) in [7, 11) is 0. The SMILES string of the molecule is CC1=CC=c2c1c1c(c3c2=C(C)[CH-]C3(C)C)CC2=C1CC(C)(C)C=C2.CCCCc1ccc([C](=[Hf+2])c2ccc(CCCC)cc2)cc1.[Cl-].[Cl-].c1cc[cH-]c1. The molecule has 0 saturated heterocycles. The largest absolute Gasteiger partial charge is 1.00 e. The van der Waals surface area contributed by atoms with E-state index in [9.17, 15) is 0 Å². The molecule has 3 heteroatoms. The van der Waals surface area contributed by atoms with Crippen LogP contribution in [-0.2, 0) is 48.6 Å². The Morgan fingerprint density at radius 3 is 1.81 bits per heavy atom. The van der Waals surface area contributed by atoms with Crippen molar-refractivity contribution in [2.24, 2.45) is 5.41 Å². The maximum Gasteiger partial charge on any atom is -0.172 e. The van der Waals surface area contributed by atoms with Crippen molar-refractivity contribution in [1.82, 2.24) is 0 Å². The van der Waals surface area contributed by atoms with Crippen LogP contribution in [0.4, 0.5) is 0 Å². The third-order valence-corrected chi connectivity index (χ3v) is 13.3. The average molecular weight is 920 g/mol. The normalized spacial score (nSPS) is 16.0. The van der Waals surface area contributed by atoms with Gasteiger partial charge in [0.05, 0.1) is 0 Å². The van der Waals surface area contributed by atoms with E-state index in [4.69, 9.17) is 0 Å². The van der Waals surface area contributed by atoms with Gasteiger partial charge in [0.1, 0.15) is 0 Å². The molecule has 0 fully saturated rings. The number of unbranched alkanes of at least 4 members (excludes halogenated alkanes) is 2. The van der Waals surface area contributed by atoms with Crippen LogP contribution in [0.5, 0.6) is 0 Å². The van der Waals surface area contributed by atoms with E-state index in [1.165, 1.54) is 91.2 Å². The van der Waals surface area contributed by atoms with E-state index in [2.05, 4.69) is 135 Å². The fourth-order valence-corrected chi connectivity index (χ4v) is 9.79. The van der Waals surface area contributed by atoms with Gasteiger partial charge in [0.25, 0.3) is 0 Å². The van der Waals surface area contributed by atoms with Crippen molar-refractivity contribution in [3.63, 3.8) is 0 Å². The molecule has 0 aromatic heterocycles.